The maximum absolute atomic E-state index is 12.9. The molecule has 0 heterocycles. The van der Waals surface area contributed by atoms with Gasteiger partial charge >= 0.3 is 5.97 Å². The zero-order valence-corrected chi connectivity index (χ0v) is 11.9. The Hall–Kier alpha value is -2.69. The van der Waals surface area contributed by atoms with Crippen molar-refractivity contribution in [3.63, 3.8) is 0 Å². The number of amides is 1. The number of hydrogen-bond acceptors (Lipinski definition) is 2. The molecule has 2 rings (SSSR count). The first-order valence-corrected chi connectivity index (χ1v) is 6.87. The summed E-state index contributed by atoms with van der Waals surface area (Å²) in [6, 6.07) is 14.5. The van der Waals surface area contributed by atoms with E-state index in [1.165, 1.54) is 29.2 Å². The van der Waals surface area contributed by atoms with Gasteiger partial charge in [-0.3, -0.25) is 9.59 Å². The summed E-state index contributed by atoms with van der Waals surface area (Å²) in [6.45, 7) is 0.408. The quantitative estimate of drug-likeness (QED) is 0.892. The SMILES string of the molecule is O=C(O)CCN(Cc1ccccc1)C(=O)c1ccc(F)cc1. The Bertz CT molecular complexity index is 641. The molecule has 0 aliphatic carbocycles. The fourth-order valence-corrected chi connectivity index (χ4v) is 2.06. The van der Waals surface area contributed by atoms with Crippen LogP contribution in [0.4, 0.5) is 4.39 Å². The molecule has 0 bridgehead atoms. The van der Waals surface area contributed by atoms with Gasteiger partial charge in [-0.25, -0.2) is 4.39 Å². The van der Waals surface area contributed by atoms with Crippen molar-refractivity contribution in [1.29, 1.82) is 0 Å². The smallest absolute Gasteiger partial charge is 0.305 e. The monoisotopic (exact) mass is 301 g/mol. The van der Waals surface area contributed by atoms with Gasteiger partial charge in [-0.2, -0.15) is 0 Å². The van der Waals surface area contributed by atoms with Crippen molar-refractivity contribution in [1.82, 2.24) is 4.90 Å². The van der Waals surface area contributed by atoms with E-state index >= 15 is 0 Å². The second-order valence-corrected chi connectivity index (χ2v) is 4.86. The van der Waals surface area contributed by atoms with E-state index in [4.69, 9.17) is 5.11 Å². The fraction of sp³-hybridized carbons (Fsp3) is 0.176. The summed E-state index contributed by atoms with van der Waals surface area (Å²) < 4.78 is 12.9. The van der Waals surface area contributed by atoms with Crippen LogP contribution in [-0.2, 0) is 11.3 Å². The van der Waals surface area contributed by atoms with Gasteiger partial charge in [0.05, 0.1) is 6.42 Å². The van der Waals surface area contributed by atoms with E-state index in [0.29, 0.717) is 12.1 Å². The third kappa shape index (κ3) is 4.41. The van der Waals surface area contributed by atoms with Crippen molar-refractivity contribution in [2.45, 2.75) is 13.0 Å². The summed E-state index contributed by atoms with van der Waals surface area (Å²) in [6.07, 6.45) is -0.139. The molecule has 1 N–H and O–H groups in total. The average Bonchev–Trinajstić information content (AvgIpc) is 2.52. The molecule has 0 aromatic heterocycles. The molecule has 2 aromatic rings. The van der Waals surface area contributed by atoms with Gasteiger partial charge in [-0.15, -0.1) is 0 Å². The predicted molar refractivity (Wildman–Crippen MR) is 79.8 cm³/mol. The van der Waals surface area contributed by atoms with Crippen molar-refractivity contribution >= 4 is 11.9 Å². The molecule has 0 spiro atoms. The average molecular weight is 301 g/mol. The van der Waals surface area contributed by atoms with Crippen LogP contribution in [0.2, 0.25) is 0 Å². The maximum Gasteiger partial charge on any atom is 0.305 e. The molecule has 0 fully saturated rings. The van der Waals surface area contributed by atoms with Gasteiger partial charge in [-0.05, 0) is 29.8 Å². The third-order valence-corrected chi connectivity index (χ3v) is 3.19. The number of halogens is 1. The van der Waals surface area contributed by atoms with Crippen LogP contribution in [0.5, 0.6) is 0 Å². The summed E-state index contributed by atoms with van der Waals surface area (Å²) >= 11 is 0. The molecule has 0 radical (unpaired) electrons. The van der Waals surface area contributed by atoms with E-state index in [-0.39, 0.29) is 18.9 Å². The standard InChI is InChI=1S/C17H16FNO3/c18-15-8-6-14(7-9-15)17(22)19(11-10-16(20)21)12-13-4-2-1-3-5-13/h1-9H,10-12H2,(H,20,21). The molecule has 0 aliphatic rings. The van der Waals surface area contributed by atoms with Gasteiger partial charge in [0.1, 0.15) is 5.82 Å². The number of rotatable bonds is 6. The summed E-state index contributed by atoms with van der Waals surface area (Å²) in [7, 11) is 0. The number of carbonyl (C=O) groups excluding carboxylic acids is 1. The molecule has 0 saturated carbocycles. The minimum absolute atomic E-state index is 0.0977. The predicted octanol–water partition coefficient (Wildman–Crippen LogP) is 2.94. The highest BCUT2D eigenvalue weighted by atomic mass is 19.1. The van der Waals surface area contributed by atoms with E-state index in [1.54, 1.807) is 0 Å². The van der Waals surface area contributed by atoms with Gasteiger partial charge in [-0.1, -0.05) is 30.3 Å². The van der Waals surface area contributed by atoms with Crippen molar-refractivity contribution in [2.24, 2.45) is 0 Å². The number of aliphatic carboxylic acids is 1. The van der Waals surface area contributed by atoms with E-state index in [0.717, 1.165) is 5.56 Å². The highest BCUT2D eigenvalue weighted by Gasteiger charge is 2.17. The topological polar surface area (TPSA) is 57.6 Å². The van der Waals surface area contributed by atoms with Gasteiger partial charge in [0.2, 0.25) is 0 Å². The lowest BCUT2D eigenvalue weighted by molar-refractivity contribution is -0.137. The van der Waals surface area contributed by atoms with Crippen LogP contribution in [0.15, 0.2) is 54.6 Å². The Kier molecular flexibility index (Phi) is 5.25. The van der Waals surface area contributed by atoms with Gasteiger partial charge < -0.3 is 10.0 Å². The number of carboxylic acids is 1. The molecule has 0 atom stereocenters. The maximum atomic E-state index is 12.9. The third-order valence-electron chi connectivity index (χ3n) is 3.19. The Morgan fingerprint density at radius 1 is 1.00 bits per heavy atom. The molecular weight excluding hydrogens is 285 g/mol. The van der Waals surface area contributed by atoms with Crippen molar-refractivity contribution in [3.8, 4) is 0 Å². The molecule has 22 heavy (non-hydrogen) atoms. The number of carbonyl (C=O) groups is 2. The summed E-state index contributed by atoms with van der Waals surface area (Å²) in [5, 5.41) is 8.83. The fourth-order valence-electron chi connectivity index (χ4n) is 2.06. The number of benzene rings is 2. The van der Waals surface area contributed by atoms with E-state index in [1.807, 2.05) is 30.3 Å². The molecule has 2 aromatic carbocycles. The minimum atomic E-state index is -0.968. The molecule has 0 saturated heterocycles. The highest BCUT2D eigenvalue weighted by Crippen LogP contribution is 2.11. The van der Waals surface area contributed by atoms with Crippen molar-refractivity contribution in [3.05, 3.63) is 71.5 Å². The van der Waals surface area contributed by atoms with Crippen LogP contribution in [0.25, 0.3) is 0 Å². The highest BCUT2D eigenvalue weighted by molar-refractivity contribution is 5.94. The lowest BCUT2D eigenvalue weighted by Crippen LogP contribution is -2.32. The Balaban J connectivity index is 2.17. The zero-order chi connectivity index (χ0) is 15.9. The van der Waals surface area contributed by atoms with E-state index in [9.17, 15) is 14.0 Å². The molecule has 5 heteroatoms. The first kappa shape index (κ1) is 15.7. The second kappa shape index (κ2) is 7.36. The first-order chi connectivity index (χ1) is 10.6. The largest absolute Gasteiger partial charge is 0.481 e. The lowest BCUT2D eigenvalue weighted by Gasteiger charge is -2.22. The van der Waals surface area contributed by atoms with Crippen molar-refractivity contribution in [2.75, 3.05) is 6.54 Å². The van der Waals surface area contributed by atoms with Crippen LogP contribution >= 0.6 is 0 Å². The number of nitrogens with zero attached hydrogens (tertiary/aromatic N) is 1. The summed E-state index contributed by atoms with van der Waals surface area (Å²) in [4.78, 5) is 24.7. The Morgan fingerprint density at radius 3 is 2.23 bits per heavy atom. The van der Waals surface area contributed by atoms with Gasteiger partial charge in [0.15, 0.2) is 0 Å². The number of carboxylic acid groups (broad SMARTS) is 1. The summed E-state index contributed by atoms with van der Waals surface area (Å²) in [5.41, 5.74) is 1.24. The van der Waals surface area contributed by atoms with Crippen LogP contribution in [-0.4, -0.2) is 28.4 Å². The molecule has 1 amide bonds. The molecule has 114 valence electrons. The minimum Gasteiger partial charge on any atom is -0.481 e. The first-order valence-electron chi connectivity index (χ1n) is 6.87. The normalized spacial score (nSPS) is 10.2. The van der Waals surface area contributed by atoms with Crippen LogP contribution in [0.1, 0.15) is 22.3 Å². The summed E-state index contributed by atoms with van der Waals surface area (Å²) in [5.74, 6) is -1.70. The van der Waals surface area contributed by atoms with Crippen LogP contribution in [0, 0.1) is 5.82 Å². The van der Waals surface area contributed by atoms with Crippen molar-refractivity contribution < 1.29 is 19.1 Å². The second-order valence-electron chi connectivity index (χ2n) is 4.86. The Morgan fingerprint density at radius 2 is 1.64 bits per heavy atom. The van der Waals surface area contributed by atoms with Gasteiger partial charge in [0.25, 0.3) is 5.91 Å². The van der Waals surface area contributed by atoms with Crippen LogP contribution < -0.4 is 0 Å². The van der Waals surface area contributed by atoms with Crippen LogP contribution in [0.3, 0.4) is 0 Å². The molecule has 0 aliphatic heterocycles. The molecule has 4 nitrogen and oxygen atoms in total. The zero-order valence-electron chi connectivity index (χ0n) is 11.9. The lowest BCUT2D eigenvalue weighted by atomic mass is 10.1. The van der Waals surface area contributed by atoms with E-state index in [2.05, 4.69) is 0 Å². The molecular formula is C17H16FNO3. The molecule has 0 unspecified atom stereocenters. The van der Waals surface area contributed by atoms with Gasteiger partial charge in [0, 0.05) is 18.7 Å². The van der Waals surface area contributed by atoms with E-state index < -0.39 is 11.8 Å². The Labute approximate surface area is 127 Å². The number of hydrogen-bond donors (Lipinski definition) is 1.